The predicted octanol–water partition coefficient (Wildman–Crippen LogP) is 3.58. The number of carboxylic acid groups (broad SMARTS) is 1. The van der Waals surface area contributed by atoms with E-state index < -0.39 is 12.1 Å². The molecule has 7 nitrogen and oxygen atoms in total. The molecule has 0 saturated carbocycles. The van der Waals surface area contributed by atoms with Gasteiger partial charge < -0.3 is 24.4 Å². The molecule has 1 spiro atoms. The van der Waals surface area contributed by atoms with Crippen LogP contribution in [0.4, 0.5) is 13.2 Å². The molecule has 0 aliphatic carbocycles. The number of carboxylic acids is 1. The number of amides is 1. The van der Waals surface area contributed by atoms with E-state index in [1.807, 2.05) is 36.1 Å². The van der Waals surface area contributed by atoms with E-state index in [-0.39, 0.29) is 11.5 Å². The van der Waals surface area contributed by atoms with E-state index in [4.69, 9.17) is 19.4 Å². The van der Waals surface area contributed by atoms with Gasteiger partial charge in [-0.25, -0.2) is 4.79 Å². The van der Waals surface area contributed by atoms with Gasteiger partial charge in [0.2, 0.25) is 0 Å². The summed E-state index contributed by atoms with van der Waals surface area (Å²) in [5.41, 5.74) is 0.568. The number of nitrogens with zero attached hydrogens (tertiary/aromatic N) is 2. The van der Waals surface area contributed by atoms with Gasteiger partial charge in [-0.1, -0.05) is 6.07 Å². The van der Waals surface area contributed by atoms with E-state index in [1.54, 1.807) is 0 Å². The first-order valence-corrected chi connectivity index (χ1v) is 11.3. The molecule has 1 amide bonds. The van der Waals surface area contributed by atoms with Gasteiger partial charge in [0.1, 0.15) is 5.75 Å². The predicted molar refractivity (Wildman–Crippen MR) is 114 cm³/mol. The van der Waals surface area contributed by atoms with Crippen LogP contribution < -0.4 is 4.74 Å². The molecule has 2 atom stereocenters. The maximum atomic E-state index is 13.0. The highest BCUT2D eigenvalue weighted by Gasteiger charge is 2.46. The lowest BCUT2D eigenvalue weighted by Gasteiger charge is -2.41. The van der Waals surface area contributed by atoms with Crippen molar-refractivity contribution in [3.05, 3.63) is 29.8 Å². The fourth-order valence-corrected chi connectivity index (χ4v) is 4.79. The number of rotatable bonds is 4. The van der Waals surface area contributed by atoms with Gasteiger partial charge in [0.25, 0.3) is 5.91 Å². The molecule has 0 radical (unpaired) electrons. The van der Waals surface area contributed by atoms with E-state index in [9.17, 15) is 18.0 Å². The van der Waals surface area contributed by atoms with Crippen LogP contribution in [-0.2, 0) is 9.53 Å². The van der Waals surface area contributed by atoms with Crippen LogP contribution in [0, 0.1) is 0 Å². The van der Waals surface area contributed by atoms with E-state index >= 15 is 0 Å². The third-order valence-corrected chi connectivity index (χ3v) is 6.36. The zero-order chi connectivity index (χ0) is 24.1. The average molecular weight is 473 g/mol. The topological polar surface area (TPSA) is 79.3 Å². The van der Waals surface area contributed by atoms with Gasteiger partial charge in [0, 0.05) is 24.8 Å². The monoisotopic (exact) mass is 472 g/mol. The summed E-state index contributed by atoms with van der Waals surface area (Å²) < 4.78 is 43.5. The Morgan fingerprint density at radius 2 is 1.94 bits per heavy atom. The van der Waals surface area contributed by atoms with Crippen LogP contribution in [0.3, 0.4) is 0 Å². The van der Waals surface area contributed by atoms with Crippen molar-refractivity contribution in [2.45, 2.75) is 56.8 Å². The largest absolute Gasteiger partial charge is 0.494 e. The molecule has 0 aromatic heterocycles. The molecule has 0 bridgehead atoms. The molecule has 3 aliphatic heterocycles. The molecule has 3 saturated heterocycles. The summed E-state index contributed by atoms with van der Waals surface area (Å²) in [6, 6.07) is 8.15. The van der Waals surface area contributed by atoms with E-state index in [0.29, 0.717) is 18.2 Å². The highest BCUT2D eigenvalue weighted by Crippen LogP contribution is 2.37. The minimum Gasteiger partial charge on any atom is -0.494 e. The summed E-state index contributed by atoms with van der Waals surface area (Å²) in [4.78, 5) is 26.5. The quantitative estimate of drug-likeness (QED) is 0.722. The molecule has 1 aromatic rings. The Hall–Kier alpha value is -2.33. The zero-order valence-corrected chi connectivity index (χ0v) is 18.8. The standard InChI is InChI=1S/C21H30N2O3.C2HF3O2/c1-2-25-19-7-5-6-17(14-19)20(24)23-12-9-21(16-23)15-18(8-13-26-21)22-10-3-4-11-22;3-2(4,5)1(6)7/h5-7,14,18H,2-4,8-13,15-16H2,1H3;(H,6,7)/t18-,21+;/m0./s1. The summed E-state index contributed by atoms with van der Waals surface area (Å²) in [6.07, 6.45) is 0.715. The number of alkyl halides is 3. The smallest absolute Gasteiger partial charge is 0.490 e. The molecule has 10 heteroatoms. The molecule has 184 valence electrons. The van der Waals surface area contributed by atoms with Gasteiger partial charge in [-0.15, -0.1) is 0 Å². The van der Waals surface area contributed by atoms with Crippen molar-refractivity contribution in [1.82, 2.24) is 9.80 Å². The van der Waals surface area contributed by atoms with Crippen LogP contribution in [0.5, 0.6) is 5.75 Å². The molecule has 3 aliphatic rings. The number of carbonyl (C=O) groups is 2. The highest BCUT2D eigenvalue weighted by atomic mass is 19.4. The lowest BCUT2D eigenvalue weighted by Crippen LogP contribution is -2.49. The van der Waals surface area contributed by atoms with Crippen molar-refractivity contribution >= 4 is 11.9 Å². The number of halogens is 3. The Bertz CT molecular complexity index is 829. The maximum absolute atomic E-state index is 13.0. The summed E-state index contributed by atoms with van der Waals surface area (Å²) >= 11 is 0. The number of ether oxygens (including phenoxy) is 2. The van der Waals surface area contributed by atoms with Crippen LogP contribution in [-0.4, -0.2) is 84.0 Å². The van der Waals surface area contributed by atoms with Crippen molar-refractivity contribution in [3.63, 3.8) is 0 Å². The number of aliphatic carboxylic acids is 1. The van der Waals surface area contributed by atoms with Gasteiger partial charge >= 0.3 is 12.1 Å². The SMILES string of the molecule is CCOc1cccc(C(=O)N2CC[C@@]3(C[C@@H](N4CCCC4)CCO3)C2)c1.O=C(O)C(F)(F)F. The van der Waals surface area contributed by atoms with Crippen LogP contribution in [0.25, 0.3) is 0 Å². The maximum Gasteiger partial charge on any atom is 0.490 e. The Kier molecular flexibility index (Phi) is 8.23. The van der Waals surface area contributed by atoms with Crippen molar-refractivity contribution in [1.29, 1.82) is 0 Å². The molecule has 33 heavy (non-hydrogen) atoms. The Labute approximate surface area is 191 Å². The first-order chi connectivity index (χ1) is 15.6. The van der Waals surface area contributed by atoms with Gasteiger partial charge in [-0.05, 0) is 70.3 Å². The minimum absolute atomic E-state index is 0.0929. The summed E-state index contributed by atoms with van der Waals surface area (Å²) in [7, 11) is 0. The fourth-order valence-electron chi connectivity index (χ4n) is 4.79. The van der Waals surface area contributed by atoms with Crippen molar-refractivity contribution < 1.29 is 37.3 Å². The second-order valence-corrected chi connectivity index (χ2v) is 8.66. The van der Waals surface area contributed by atoms with Crippen molar-refractivity contribution in [3.8, 4) is 5.75 Å². The Morgan fingerprint density at radius 3 is 2.58 bits per heavy atom. The number of benzene rings is 1. The third kappa shape index (κ3) is 6.60. The molecular formula is C23H31F3N2O5. The zero-order valence-electron chi connectivity index (χ0n) is 18.8. The molecule has 3 heterocycles. The number of carbonyl (C=O) groups excluding carboxylic acids is 1. The first-order valence-electron chi connectivity index (χ1n) is 11.3. The molecule has 0 unspecified atom stereocenters. The number of hydrogen-bond acceptors (Lipinski definition) is 5. The third-order valence-electron chi connectivity index (χ3n) is 6.36. The summed E-state index contributed by atoms with van der Waals surface area (Å²) in [6.45, 7) is 7.34. The van der Waals surface area contributed by atoms with Crippen LogP contribution in [0.1, 0.15) is 49.4 Å². The second-order valence-electron chi connectivity index (χ2n) is 8.66. The van der Waals surface area contributed by atoms with Gasteiger partial charge in [-0.2, -0.15) is 13.2 Å². The van der Waals surface area contributed by atoms with Crippen LogP contribution in [0.15, 0.2) is 24.3 Å². The normalized spacial score (nSPS) is 25.6. The van der Waals surface area contributed by atoms with E-state index in [2.05, 4.69) is 4.90 Å². The van der Waals surface area contributed by atoms with E-state index in [0.717, 1.165) is 44.7 Å². The Morgan fingerprint density at radius 1 is 1.24 bits per heavy atom. The number of likely N-dealkylation sites (tertiary alicyclic amines) is 2. The molecular weight excluding hydrogens is 441 g/mol. The summed E-state index contributed by atoms with van der Waals surface area (Å²) in [5, 5.41) is 7.12. The van der Waals surface area contributed by atoms with Crippen LogP contribution in [0.2, 0.25) is 0 Å². The van der Waals surface area contributed by atoms with Gasteiger partial charge in [-0.3, -0.25) is 4.79 Å². The molecule has 1 aromatic carbocycles. The molecule has 4 rings (SSSR count). The second kappa shape index (κ2) is 10.7. The van der Waals surface area contributed by atoms with Gasteiger partial charge in [0.15, 0.2) is 0 Å². The fraction of sp³-hybridized carbons (Fsp3) is 0.652. The number of hydrogen-bond donors (Lipinski definition) is 1. The first kappa shape index (κ1) is 25.3. The summed E-state index contributed by atoms with van der Waals surface area (Å²) in [5.74, 6) is -1.90. The lowest BCUT2D eigenvalue weighted by molar-refractivity contribution is -0.192. The molecule has 1 N–H and O–H groups in total. The highest BCUT2D eigenvalue weighted by molar-refractivity contribution is 5.94. The van der Waals surface area contributed by atoms with E-state index in [1.165, 1.54) is 25.9 Å². The Balaban J connectivity index is 0.000000383. The van der Waals surface area contributed by atoms with Crippen LogP contribution >= 0.6 is 0 Å². The van der Waals surface area contributed by atoms with Crippen molar-refractivity contribution in [2.24, 2.45) is 0 Å². The average Bonchev–Trinajstić information content (AvgIpc) is 3.44. The van der Waals surface area contributed by atoms with Gasteiger partial charge in [0.05, 0.1) is 18.8 Å². The lowest BCUT2D eigenvalue weighted by atomic mass is 9.89. The minimum atomic E-state index is -5.08. The van der Waals surface area contributed by atoms with Crippen molar-refractivity contribution in [2.75, 3.05) is 39.4 Å². The molecule has 3 fully saturated rings.